The molecule has 1 atom stereocenters. The zero-order valence-electron chi connectivity index (χ0n) is 11.4. The highest BCUT2D eigenvalue weighted by molar-refractivity contribution is 6.35. The van der Waals surface area contributed by atoms with Crippen molar-refractivity contribution in [2.75, 3.05) is 7.11 Å². The summed E-state index contributed by atoms with van der Waals surface area (Å²) in [5, 5.41) is 2.09. The van der Waals surface area contributed by atoms with E-state index in [0.29, 0.717) is 21.4 Å². The zero-order chi connectivity index (χ0) is 15.0. The number of aromatic amines is 1. The molecular weight excluding hydrogens is 307 g/mol. The Bertz CT molecular complexity index is 798. The number of para-hydroxylation sites is 1. The van der Waals surface area contributed by atoms with E-state index in [0.717, 1.165) is 16.5 Å². The number of H-pyrrole nitrogens is 1. The molecule has 1 unspecified atom stereocenters. The number of fused-ring (bicyclic) bond motifs is 1. The van der Waals surface area contributed by atoms with Crippen molar-refractivity contribution in [1.29, 1.82) is 0 Å². The Balaban J connectivity index is 2.19. The highest BCUT2D eigenvalue weighted by Crippen LogP contribution is 2.40. The number of rotatable bonds is 3. The van der Waals surface area contributed by atoms with Gasteiger partial charge in [0.1, 0.15) is 5.75 Å². The van der Waals surface area contributed by atoms with Crippen molar-refractivity contribution in [2.45, 2.75) is 6.04 Å². The van der Waals surface area contributed by atoms with Crippen molar-refractivity contribution in [3.05, 3.63) is 63.8 Å². The Morgan fingerprint density at radius 3 is 2.57 bits per heavy atom. The molecule has 0 aliphatic heterocycles. The number of methoxy groups -OCH3 is 1. The van der Waals surface area contributed by atoms with Gasteiger partial charge in [-0.1, -0.05) is 41.4 Å². The molecule has 2 aromatic carbocycles. The zero-order valence-corrected chi connectivity index (χ0v) is 12.9. The number of benzene rings is 2. The van der Waals surface area contributed by atoms with E-state index in [9.17, 15) is 0 Å². The van der Waals surface area contributed by atoms with Crippen LogP contribution >= 0.6 is 23.2 Å². The van der Waals surface area contributed by atoms with Gasteiger partial charge in [-0.15, -0.1) is 0 Å². The fourth-order valence-electron chi connectivity index (χ4n) is 2.55. The number of aromatic nitrogens is 1. The predicted molar refractivity (Wildman–Crippen MR) is 87.3 cm³/mol. The van der Waals surface area contributed by atoms with Gasteiger partial charge in [-0.25, -0.2) is 0 Å². The largest absolute Gasteiger partial charge is 0.495 e. The van der Waals surface area contributed by atoms with Gasteiger partial charge in [0.2, 0.25) is 0 Å². The molecule has 0 saturated heterocycles. The average Bonchev–Trinajstić information content (AvgIpc) is 2.92. The van der Waals surface area contributed by atoms with Crippen LogP contribution in [0.15, 0.2) is 42.6 Å². The van der Waals surface area contributed by atoms with E-state index in [1.807, 2.05) is 30.5 Å². The third-order valence-electron chi connectivity index (χ3n) is 3.57. The first-order valence-electron chi connectivity index (χ1n) is 6.47. The van der Waals surface area contributed by atoms with Crippen LogP contribution in [0.4, 0.5) is 0 Å². The van der Waals surface area contributed by atoms with Crippen molar-refractivity contribution in [3.8, 4) is 5.75 Å². The van der Waals surface area contributed by atoms with Crippen LogP contribution in [0, 0.1) is 0 Å². The molecule has 0 fully saturated rings. The normalized spacial score (nSPS) is 12.6. The third kappa shape index (κ3) is 2.38. The first kappa shape index (κ1) is 14.3. The molecular formula is C16H14Cl2N2O. The van der Waals surface area contributed by atoms with Gasteiger partial charge in [0.05, 0.1) is 18.2 Å². The molecule has 0 aliphatic carbocycles. The van der Waals surface area contributed by atoms with Crippen LogP contribution < -0.4 is 10.5 Å². The molecule has 0 spiro atoms. The lowest BCUT2D eigenvalue weighted by Crippen LogP contribution is -2.13. The van der Waals surface area contributed by atoms with Crippen molar-refractivity contribution >= 4 is 34.1 Å². The average molecular weight is 321 g/mol. The minimum atomic E-state index is -0.428. The maximum absolute atomic E-state index is 6.43. The van der Waals surface area contributed by atoms with Crippen LogP contribution in [-0.2, 0) is 0 Å². The number of hydrogen-bond acceptors (Lipinski definition) is 2. The van der Waals surface area contributed by atoms with Gasteiger partial charge in [0, 0.05) is 27.7 Å². The van der Waals surface area contributed by atoms with Crippen LogP contribution in [0.25, 0.3) is 10.9 Å². The maximum atomic E-state index is 6.43. The summed E-state index contributed by atoms with van der Waals surface area (Å²) in [4.78, 5) is 3.21. The third-order valence-corrected chi connectivity index (χ3v) is 4.19. The van der Waals surface area contributed by atoms with Gasteiger partial charge >= 0.3 is 0 Å². The van der Waals surface area contributed by atoms with Crippen LogP contribution in [-0.4, -0.2) is 12.1 Å². The first-order chi connectivity index (χ1) is 10.1. The molecule has 21 heavy (non-hydrogen) atoms. The Labute approximate surface area is 132 Å². The quantitative estimate of drug-likeness (QED) is 0.744. The molecule has 0 saturated carbocycles. The van der Waals surface area contributed by atoms with Crippen molar-refractivity contribution in [3.63, 3.8) is 0 Å². The Morgan fingerprint density at radius 2 is 1.81 bits per heavy atom. The van der Waals surface area contributed by atoms with Crippen molar-refractivity contribution in [1.82, 2.24) is 4.98 Å². The summed E-state index contributed by atoms with van der Waals surface area (Å²) in [5.74, 6) is 0.516. The van der Waals surface area contributed by atoms with Crippen molar-refractivity contribution < 1.29 is 4.74 Å². The highest BCUT2D eigenvalue weighted by Gasteiger charge is 2.22. The summed E-state index contributed by atoms with van der Waals surface area (Å²) in [6, 6.07) is 11.0. The minimum absolute atomic E-state index is 0.428. The van der Waals surface area contributed by atoms with E-state index in [1.54, 1.807) is 19.2 Å². The van der Waals surface area contributed by atoms with E-state index in [4.69, 9.17) is 33.7 Å². The number of nitrogens with one attached hydrogen (secondary N) is 1. The second kappa shape index (κ2) is 5.60. The first-order valence-corrected chi connectivity index (χ1v) is 7.22. The molecule has 5 heteroatoms. The van der Waals surface area contributed by atoms with E-state index in [-0.39, 0.29) is 0 Å². The van der Waals surface area contributed by atoms with Gasteiger partial charge in [0.25, 0.3) is 0 Å². The fourth-order valence-corrected chi connectivity index (χ4v) is 3.06. The molecule has 0 amide bonds. The Morgan fingerprint density at radius 1 is 1.10 bits per heavy atom. The SMILES string of the molecule is COc1c(Cl)ccc(Cl)c1C(N)c1c[nH]c2ccccc12. The smallest absolute Gasteiger partial charge is 0.144 e. The second-order valence-electron chi connectivity index (χ2n) is 4.74. The number of hydrogen-bond donors (Lipinski definition) is 2. The van der Waals surface area contributed by atoms with Gasteiger partial charge in [0.15, 0.2) is 0 Å². The number of ether oxygens (including phenoxy) is 1. The molecule has 3 nitrogen and oxygen atoms in total. The van der Waals surface area contributed by atoms with Gasteiger partial charge in [-0.3, -0.25) is 0 Å². The molecule has 0 aliphatic rings. The van der Waals surface area contributed by atoms with Gasteiger partial charge in [-0.05, 0) is 23.8 Å². The highest BCUT2D eigenvalue weighted by atomic mass is 35.5. The molecule has 108 valence electrons. The second-order valence-corrected chi connectivity index (χ2v) is 5.56. The molecule has 3 aromatic rings. The summed E-state index contributed by atoms with van der Waals surface area (Å²) in [7, 11) is 1.56. The van der Waals surface area contributed by atoms with Crippen LogP contribution in [0.3, 0.4) is 0 Å². The van der Waals surface area contributed by atoms with Gasteiger partial charge < -0.3 is 15.5 Å². The van der Waals surface area contributed by atoms with E-state index in [2.05, 4.69) is 4.98 Å². The molecule has 3 N–H and O–H groups in total. The molecule has 1 aromatic heterocycles. The number of nitrogens with two attached hydrogens (primary N) is 1. The summed E-state index contributed by atoms with van der Waals surface area (Å²) in [5.41, 5.74) is 9.10. The Hall–Kier alpha value is -1.68. The molecule has 0 radical (unpaired) electrons. The molecule has 0 bridgehead atoms. The summed E-state index contributed by atoms with van der Waals surface area (Å²) in [6.45, 7) is 0. The van der Waals surface area contributed by atoms with Crippen LogP contribution in [0.2, 0.25) is 10.0 Å². The lowest BCUT2D eigenvalue weighted by molar-refractivity contribution is 0.408. The van der Waals surface area contributed by atoms with Crippen LogP contribution in [0.1, 0.15) is 17.2 Å². The van der Waals surface area contributed by atoms with E-state index in [1.165, 1.54) is 0 Å². The maximum Gasteiger partial charge on any atom is 0.144 e. The molecule has 1 heterocycles. The van der Waals surface area contributed by atoms with E-state index >= 15 is 0 Å². The summed E-state index contributed by atoms with van der Waals surface area (Å²) in [6.07, 6.45) is 1.89. The van der Waals surface area contributed by atoms with Crippen LogP contribution in [0.5, 0.6) is 5.75 Å². The standard InChI is InChI=1S/C16H14Cl2N2O/c1-21-16-12(18)7-6-11(17)14(16)15(19)10-8-20-13-5-3-2-4-9(10)13/h2-8,15,20H,19H2,1H3. The number of halogens is 2. The lowest BCUT2D eigenvalue weighted by Gasteiger charge is -2.18. The fraction of sp³-hybridized carbons (Fsp3) is 0.125. The topological polar surface area (TPSA) is 51.0 Å². The predicted octanol–water partition coefficient (Wildman–Crippen LogP) is 4.53. The summed E-state index contributed by atoms with van der Waals surface area (Å²) >= 11 is 12.5. The molecule has 3 rings (SSSR count). The minimum Gasteiger partial charge on any atom is -0.495 e. The Kier molecular flexibility index (Phi) is 3.81. The summed E-state index contributed by atoms with van der Waals surface area (Å²) < 4.78 is 5.38. The van der Waals surface area contributed by atoms with E-state index < -0.39 is 6.04 Å². The monoisotopic (exact) mass is 320 g/mol. The lowest BCUT2D eigenvalue weighted by atomic mass is 9.98. The van der Waals surface area contributed by atoms with Crippen molar-refractivity contribution in [2.24, 2.45) is 5.73 Å². The van der Waals surface area contributed by atoms with Gasteiger partial charge in [-0.2, -0.15) is 0 Å².